The van der Waals surface area contributed by atoms with E-state index in [2.05, 4.69) is 60.2 Å². The maximum atomic E-state index is 13.5. The Hall–Kier alpha value is -1.19. The first-order valence-electron chi connectivity index (χ1n) is 6.72. The molecule has 106 valence electrons. The Morgan fingerprint density at radius 1 is 1.15 bits per heavy atom. The van der Waals surface area contributed by atoms with Crippen LogP contribution in [0.4, 0.5) is 4.39 Å². The molecule has 0 spiro atoms. The highest BCUT2D eigenvalue weighted by molar-refractivity contribution is 9.10. The lowest BCUT2D eigenvalue weighted by Gasteiger charge is -2.17. The second kappa shape index (κ2) is 6.51. The van der Waals surface area contributed by atoms with Gasteiger partial charge in [-0.3, -0.25) is 0 Å². The maximum absolute atomic E-state index is 13.5. The zero-order valence-electron chi connectivity index (χ0n) is 12.0. The summed E-state index contributed by atoms with van der Waals surface area (Å²) in [4.78, 5) is 0. The highest BCUT2D eigenvalue weighted by Gasteiger charge is 2.09. The largest absolute Gasteiger partial charge is 0.306 e. The molecule has 2 aromatic rings. The van der Waals surface area contributed by atoms with Crippen LogP contribution >= 0.6 is 15.9 Å². The molecule has 20 heavy (non-hydrogen) atoms. The lowest BCUT2D eigenvalue weighted by molar-refractivity contribution is 0.566. The van der Waals surface area contributed by atoms with Gasteiger partial charge in [0.25, 0.3) is 0 Å². The van der Waals surface area contributed by atoms with Gasteiger partial charge >= 0.3 is 0 Å². The van der Waals surface area contributed by atoms with Crippen LogP contribution in [0.15, 0.2) is 40.9 Å². The van der Waals surface area contributed by atoms with Crippen molar-refractivity contribution in [2.24, 2.45) is 0 Å². The minimum absolute atomic E-state index is 0.219. The number of benzene rings is 2. The van der Waals surface area contributed by atoms with Crippen molar-refractivity contribution in [3.05, 3.63) is 68.9 Å². The highest BCUT2D eigenvalue weighted by atomic mass is 79.9. The Morgan fingerprint density at radius 3 is 2.60 bits per heavy atom. The first-order chi connectivity index (χ1) is 9.47. The minimum atomic E-state index is -0.219. The molecule has 0 saturated carbocycles. The Bertz CT molecular complexity index is 610. The van der Waals surface area contributed by atoms with Crippen LogP contribution in [0.2, 0.25) is 0 Å². The number of halogens is 2. The van der Waals surface area contributed by atoms with E-state index < -0.39 is 0 Å². The van der Waals surface area contributed by atoms with Crippen molar-refractivity contribution >= 4 is 15.9 Å². The fraction of sp³-hybridized carbons (Fsp3) is 0.294. The number of hydrogen-bond donors (Lipinski definition) is 1. The molecule has 1 unspecified atom stereocenters. The molecule has 0 aliphatic rings. The monoisotopic (exact) mass is 335 g/mol. The van der Waals surface area contributed by atoms with Gasteiger partial charge in [0, 0.05) is 12.6 Å². The molecule has 0 aromatic heterocycles. The van der Waals surface area contributed by atoms with E-state index >= 15 is 0 Å². The van der Waals surface area contributed by atoms with Crippen LogP contribution in [0, 0.1) is 19.7 Å². The van der Waals surface area contributed by atoms with Crippen LogP contribution in [0.25, 0.3) is 0 Å². The second-order valence-corrected chi connectivity index (χ2v) is 6.07. The zero-order valence-corrected chi connectivity index (χ0v) is 13.6. The molecule has 1 N–H and O–H groups in total. The molecule has 2 aromatic carbocycles. The van der Waals surface area contributed by atoms with Crippen LogP contribution in [0.1, 0.15) is 35.2 Å². The third-order valence-corrected chi connectivity index (χ3v) is 4.14. The van der Waals surface area contributed by atoms with Crippen LogP contribution in [0.5, 0.6) is 0 Å². The minimum Gasteiger partial charge on any atom is -0.306 e. The summed E-state index contributed by atoms with van der Waals surface area (Å²) in [5, 5.41) is 3.45. The molecule has 1 atom stereocenters. The number of nitrogens with one attached hydrogen (secondary N) is 1. The van der Waals surface area contributed by atoms with E-state index in [-0.39, 0.29) is 11.9 Å². The predicted octanol–water partition coefficient (Wildman–Crippen LogP) is 5.06. The van der Waals surface area contributed by atoms with Gasteiger partial charge in [0.05, 0.1) is 4.47 Å². The second-order valence-electron chi connectivity index (χ2n) is 5.21. The van der Waals surface area contributed by atoms with E-state index in [4.69, 9.17) is 0 Å². The van der Waals surface area contributed by atoms with Crippen molar-refractivity contribution in [3.63, 3.8) is 0 Å². The van der Waals surface area contributed by atoms with Crippen LogP contribution in [-0.4, -0.2) is 0 Å². The number of rotatable bonds is 4. The topological polar surface area (TPSA) is 12.0 Å². The lowest BCUT2D eigenvalue weighted by atomic mass is 10.00. The SMILES string of the molecule is Cc1ccc(C)c(C(C)NCc2ccc(Br)c(F)c2)c1. The van der Waals surface area contributed by atoms with Crippen molar-refractivity contribution in [2.75, 3.05) is 0 Å². The van der Waals surface area contributed by atoms with E-state index in [0.29, 0.717) is 11.0 Å². The first kappa shape index (κ1) is 15.2. The molecule has 0 saturated heterocycles. The average molecular weight is 336 g/mol. The van der Waals surface area contributed by atoms with Gasteiger partial charge in [-0.25, -0.2) is 4.39 Å². The predicted molar refractivity (Wildman–Crippen MR) is 85.3 cm³/mol. The number of hydrogen-bond acceptors (Lipinski definition) is 1. The standard InChI is InChI=1S/C17H19BrFN/c1-11-4-5-12(2)15(8-11)13(3)20-10-14-6-7-16(18)17(19)9-14/h4-9,13,20H,10H2,1-3H3. The van der Waals surface area contributed by atoms with E-state index in [1.165, 1.54) is 16.7 Å². The van der Waals surface area contributed by atoms with E-state index in [9.17, 15) is 4.39 Å². The third-order valence-electron chi connectivity index (χ3n) is 3.50. The van der Waals surface area contributed by atoms with Gasteiger partial charge in [0.2, 0.25) is 0 Å². The van der Waals surface area contributed by atoms with Crippen molar-refractivity contribution < 1.29 is 4.39 Å². The quantitative estimate of drug-likeness (QED) is 0.823. The lowest BCUT2D eigenvalue weighted by Crippen LogP contribution is -2.19. The molecular formula is C17H19BrFN. The van der Waals surface area contributed by atoms with Gasteiger partial charge in [-0.05, 0) is 65.5 Å². The van der Waals surface area contributed by atoms with Crippen LogP contribution in [-0.2, 0) is 6.54 Å². The molecular weight excluding hydrogens is 317 g/mol. The molecule has 0 aliphatic heterocycles. The van der Waals surface area contributed by atoms with Gasteiger partial charge in [-0.15, -0.1) is 0 Å². The fourth-order valence-electron chi connectivity index (χ4n) is 2.26. The van der Waals surface area contributed by atoms with Crippen molar-refractivity contribution in [1.82, 2.24) is 5.32 Å². The zero-order chi connectivity index (χ0) is 14.7. The van der Waals surface area contributed by atoms with Gasteiger partial charge in [0.1, 0.15) is 5.82 Å². The normalized spacial score (nSPS) is 12.4. The molecule has 0 radical (unpaired) electrons. The van der Waals surface area contributed by atoms with E-state index in [1.54, 1.807) is 12.1 Å². The van der Waals surface area contributed by atoms with Crippen LogP contribution < -0.4 is 5.32 Å². The number of aryl methyl sites for hydroxylation is 2. The molecule has 1 nitrogen and oxygen atoms in total. The summed E-state index contributed by atoms with van der Waals surface area (Å²) in [5.41, 5.74) is 4.77. The molecule has 0 amide bonds. The Kier molecular flexibility index (Phi) is 4.95. The summed E-state index contributed by atoms with van der Waals surface area (Å²) >= 11 is 3.17. The molecule has 0 bridgehead atoms. The van der Waals surface area contributed by atoms with Crippen LogP contribution in [0.3, 0.4) is 0 Å². The molecule has 2 rings (SSSR count). The molecule has 3 heteroatoms. The summed E-state index contributed by atoms with van der Waals surface area (Å²) in [6.07, 6.45) is 0. The fourth-order valence-corrected chi connectivity index (χ4v) is 2.50. The van der Waals surface area contributed by atoms with Crippen molar-refractivity contribution in [2.45, 2.75) is 33.4 Å². The summed E-state index contributed by atoms with van der Waals surface area (Å²) < 4.78 is 14.0. The summed E-state index contributed by atoms with van der Waals surface area (Å²) in [7, 11) is 0. The maximum Gasteiger partial charge on any atom is 0.137 e. The summed E-state index contributed by atoms with van der Waals surface area (Å²) in [6, 6.07) is 11.9. The van der Waals surface area contributed by atoms with Crippen molar-refractivity contribution in [3.8, 4) is 0 Å². The van der Waals surface area contributed by atoms with Gasteiger partial charge in [0.15, 0.2) is 0 Å². The summed E-state index contributed by atoms with van der Waals surface area (Å²) in [6.45, 7) is 7.00. The average Bonchev–Trinajstić information content (AvgIpc) is 2.42. The smallest absolute Gasteiger partial charge is 0.137 e. The van der Waals surface area contributed by atoms with Gasteiger partial charge < -0.3 is 5.32 Å². The van der Waals surface area contributed by atoms with E-state index in [0.717, 1.165) is 5.56 Å². The van der Waals surface area contributed by atoms with E-state index in [1.807, 2.05) is 6.07 Å². The third kappa shape index (κ3) is 3.68. The first-order valence-corrected chi connectivity index (χ1v) is 7.51. The Balaban J connectivity index is 2.06. The van der Waals surface area contributed by atoms with Gasteiger partial charge in [-0.1, -0.05) is 29.8 Å². The van der Waals surface area contributed by atoms with Gasteiger partial charge in [-0.2, -0.15) is 0 Å². The summed E-state index contributed by atoms with van der Waals surface area (Å²) in [5.74, 6) is -0.219. The highest BCUT2D eigenvalue weighted by Crippen LogP contribution is 2.20. The molecule has 0 aliphatic carbocycles. The Labute approximate surface area is 128 Å². The molecule has 0 heterocycles. The molecule has 0 fully saturated rings. The van der Waals surface area contributed by atoms with Crippen molar-refractivity contribution in [1.29, 1.82) is 0 Å². The Morgan fingerprint density at radius 2 is 1.90 bits per heavy atom.